The Kier molecular flexibility index (Phi) is 6.47. The van der Waals surface area contributed by atoms with Crippen LogP contribution in [0.5, 0.6) is 0 Å². The van der Waals surface area contributed by atoms with Crippen LogP contribution in [0.15, 0.2) is 84.4 Å². The molecule has 1 saturated heterocycles. The van der Waals surface area contributed by atoms with Gasteiger partial charge in [-0.05, 0) is 54.2 Å². The van der Waals surface area contributed by atoms with E-state index in [-0.39, 0.29) is 5.78 Å². The van der Waals surface area contributed by atoms with Crippen molar-refractivity contribution in [1.29, 1.82) is 0 Å². The van der Waals surface area contributed by atoms with Crippen molar-refractivity contribution in [2.24, 2.45) is 0 Å². The normalized spacial score (nSPS) is 14.5. The predicted octanol–water partition coefficient (Wildman–Crippen LogP) is 6.64. The SMILES string of the molecule is CC(=O)c1ccc(C(=C2CCN(Cc3ccccc3)CC2)c2ccc(Cl)cc2)cc1. The van der Waals surface area contributed by atoms with Gasteiger partial charge < -0.3 is 0 Å². The summed E-state index contributed by atoms with van der Waals surface area (Å²) in [5, 5.41) is 0.743. The number of ketones is 1. The van der Waals surface area contributed by atoms with Crippen LogP contribution in [0.4, 0.5) is 0 Å². The second-order valence-electron chi connectivity index (χ2n) is 7.88. The summed E-state index contributed by atoms with van der Waals surface area (Å²) in [6, 6.07) is 26.8. The van der Waals surface area contributed by atoms with Gasteiger partial charge in [0, 0.05) is 30.2 Å². The molecule has 1 heterocycles. The maximum absolute atomic E-state index is 11.7. The second-order valence-corrected chi connectivity index (χ2v) is 8.32. The molecule has 0 amide bonds. The summed E-state index contributed by atoms with van der Waals surface area (Å²) in [6.45, 7) is 4.70. The van der Waals surface area contributed by atoms with Crippen molar-refractivity contribution in [3.05, 3.63) is 112 Å². The highest BCUT2D eigenvalue weighted by Gasteiger charge is 2.19. The molecule has 0 unspecified atom stereocenters. The number of carbonyl (C=O) groups excluding carboxylic acids is 1. The van der Waals surface area contributed by atoms with E-state index in [0.29, 0.717) is 0 Å². The molecule has 30 heavy (non-hydrogen) atoms. The molecule has 0 saturated carbocycles. The first-order valence-electron chi connectivity index (χ1n) is 10.5. The highest BCUT2D eigenvalue weighted by molar-refractivity contribution is 6.30. The van der Waals surface area contributed by atoms with Gasteiger partial charge in [0.2, 0.25) is 0 Å². The monoisotopic (exact) mass is 415 g/mol. The van der Waals surface area contributed by atoms with E-state index in [1.54, 1.807) is 6.92 Å². The highest BCUT2D eigenvalue weighted by atomic mass is 35.5. The maximum Gasteiger partial charge on any atom is 0.159 e. The minimum absolute atomic E-state index is 0.0940. The fourth-order valence-electron chi connectivity index (χ4n) is 4.14. The summed E-state index contributed by atoms with van der Waals surface area (Å²) in [5.74, 6) is 0.0940. The molecule has 0 atom stereocenters. The maximum atomic E-state index is 11.7. The Morgan fingerprint density at radius 1 is 0.800 bits per heavy atom. The van der Waals surface area contributed by atoms with E-state index < -0.39 is 0 Å². The van der Waals surface area contributed by atoms with Crippen LogP contribution < -0.4 is 0 Å². The Hall–Kier alpha value is -2.68. The van der Waals surface area contributed by atoms with Crippen molar-refractivity contribution in [3.63, 3.8) is 0 Å². The zero-order valence-electron chi connectivity index (χ0n) is 17.3. The largest absolute Gasteiger partial charge is 0.298 e. The van der Waals surface area contributed by atoms with Gasteiger partial charge in [-0.25, -0.2) is 0 Å². The van der Waals surface area contributed by atoms with Crippen LogP contribution in [-0.2, 0) is 6.54 Å². The number of carbonyl (C=O) groups is 1. The Bertz CT molecular complexity index is 1030. The molecular weight excluding hydrogens is 390 g/mol. The van der Waals surface area contributed by atoms with E-state index in [2.05, 4.69) is 59.5 Å². The zero-order chi connectivity index (χ0) is 20.9. The van der Waals surface area contributed by atoms with Gasteiger partial charge in [0.05, 0.1) is 0 Å². The van der Waals surface area contributed by atoms with Crippen molar-refractivity contribution in [2.75, 3.05) is 13.1 Å². The third-order valence-corrected chi connectivity index (χ3v) is 6.03. The molecular formula is C27H26ClNO. The summed E-state index contributed by atoms with van der Waals surface area (Å²) in [4.78, 5) is 14.2. The first-order chi connectivity index (χ1) is 14.6. The number of Topliss-reactive ketones (excluding diaryl/α,β-unsaturated/α-hetero) is 1. The molecule has 0 aliphatic carbocycles. The zero-order valence-corrected chi connectivity index (χ0v) is 18.0. The molecule has 1 fully saturated rings. The summed E-state index contributed by atoms with van der Waals surface area (Å²) in [7, 11) is 0. The van der Waals surface area contributed by atoms with E-state index in [4.69, 9.17) is 11.6 Å². The molecule has 0 spiro atoms. The van der Waals surface area contributed by atoms with E-state index in [0.717, 1.165) is 48.6 Å². The second kappa shape index (κ2) is 9.42. The van der Waals surface area contributed by atoms with Crippen LogP contribution in [0.3, 0.4) is 0 Å². The number of benzene rings is 3. The number of halogens is 1. The van der Waals surface area contributed by atoms with Crippen molar-refractivity contribution >= 4 is 23.0 Å². The molecule has 0 radical (unpaired) electrons. The summed E-state index contributed by atoms with van der Waals surface area (Å²) in [6.07, 6.45) is 2.08. The number of rotatable bonds is 5. The first kappa shape index (κ1) is 20.6. The standard InChI is InChI=1S/C27H26ClNO/c1-20(30)22-7-9-23(10-8-22)27(24-11-13-26(28)14-12-24)25-15-17-29(18-16-25)19-21-5-3-2-4-6-21/h2-14H,15-19H2,1H3. The highest BCUT2D eigenvalue weighted by Crippen LogP contribution is 2.33. The topological polar surface area (TPSA) is 20.3 Å². The minimum atomic E-state index is 0.0940. The Balaban J connectivity index is 1.61. The predicted molar refractivity (Wildman–Crippen MR) is 125 cm³/mol. The number of hydrogen-bond donors (Lipinski definition) is 0. The quantitative estimate of drug-likeness (QED) is 0.435. The number of nitrogens with zero attached hydrogens (tertiary/aromatic N) is 1. The average Bonchev–Trinajstić information content (AvgIpc) is 2.77. The number of hydrogen-bond acceptors (Lipinski definition) is 2. The van der Waals surface area contributed by atoms with Crippen molar-refractivity contribution in [2.45, 2.75) is 26.3 Å². The number of likely N-dealkylation sites (tertiary alicyclic amines) is 1. The fraction of sp³-hybridized carbons (Fsp3) is 0.222. The average molecular weight is 416 g/mol. The van der Waals surface area contributed by atoms with Gasteiger partial charge >= 0.3 is 0 Å². The lowest BCUT2D eigenvalue weighted by Crippen LogP contribution is -2.30. The molecule has 0 N–H and O–H groups in total. The molecule has 2 nitrogen and oxygen atoms in total. The van der Waals surface area contributed by atoms with Gasteiger partial charge in [0.1, 0.15) is 0 Å². The summed E-state index contributed by atoms with van der Waals surface area (Å²) < 4.78 is 0. The Labute approximate surface area is 183 Å². The van der Waals surface area contributed by atoms with E-state index in [9.17, 15) is 4.79 Å². The lowest BCUT2D eigenvalue weighted by atomic mass is 9.88. The lowest BCUT2D eigenvalue weighted by molar-refractivity contribution is 0.101. The molecule has 4 rings (SSSR count). The van der Waals surface area contributed by atoms with Crippen LogP contribution in [0.25, 0.3) is 5.57 Å². The minimum Gasteiger partial charge on any atom is -0.298 e. The van der Waals surface area contributed by atoms with Gasteiger partial charge in [-0.15, -0.1) is 0 Å². The van der Waals surface area contributed by atoms with Gasteiger partial charge in [-0.3, -0.25) is 9.69 Å². The van der Waals surface area contributed by atoms with E-state index in [1.807, 2.05) is 24.3 Å². The van der Waals surface area contributed by atoms with Crippen LogP contribution in [0.2, 0.25) is 5.02 Å². The van der Waals surface area contributed by atoms with Gasteiger partial charge in [-0.2, -0.15) is 0 Å². The Morgan fingerprint density at radius 3 is 1.90 bits per heavy atom. The molecule has 3 heteroatoms. The van der Waals surface area contributed by atoms with E-state index in [1.165, 1.54) is 22.3 Å². The third-order valence-electron chi connectivity index (χ3n) is 5.78. The fourth-order valence-corrected chi connectivity index (χ4v) is 4.26. The van der Waals surface area contributed by atoms with Crippen LogP contribution >= 0.6 is 11.6 Å². The van der Waals surface area contributed by atoms with E-state index >= 15 is 0 Å². The third kappa shape index (κ3) is 4.89. The van der Waals surface area contributed by atoms with Crippen LogP contribution in [0, 0.1) is 0 Å². The molecule has 3 aromatic rings. The van der Waals surface area contributed by atoms with Gasteiger partial charge in [-0.1, -0.05) is 83.9 Å². The van der Waals surface area contributed by atoms with Gasteiger partial charge in [0.15, 0.2) is 5.78 Å². The van der Waals surface area contributed by atoms with Crippen molar-refractivity contribution in [1.82, 2.24) is 4.90 Å². The molecule has 0 aromatic heterocycles. The smallest absolute Gasteiger partial charge is 0.159 e. The molecule has 3 aromatic carbocycles. The summed E-state index contributed by atoms with van der Waals surface area (Å²) in [5.41, 5.74) is 7.20. The molecule has 0 bridgehead atoms. The van der Waals surface area contributed by atoms with Gasteiger partial charge in [0.25, 0.3) is 0 Å². The first-order valence-corrected chi connectivity index (χ1v) is 10.8. The lowest BCUT2D eigenvalue weighted by Gasteiger charge is -2.30. The van der Waals surface area contributed by atoms with Crippen molar-refractivity contribution < 1.29 is 4.79 Å². The molecule has 1 aliphatic rings. The molecule has 152 valence electrons. The number of piperidine rings is 1. The molecule has 1 aliphatic heterocycles. The van der Waals surface area contributed by atoms with Crippen LogP contribution in [-0.4, -0.2) is 23.8 Å². The Morgan fingerprint density at radius 2 is 1.33 bits per heavy atom. The van der Waals surface area contributed by atoms with Crippen LogP contribution in [0.1, 0.15) is 46.8 Å². The van der Waals surface area contributed by atoms with Crippen molar-refractivity contribution in [3.8, 4) is 0 Å². The summed E-state index contributed by atoms with van der Waals surface area (Å²) >= 11 is 6.14.